The summed E-state index contributed by atoms with van der Waals surface area (Å²) in [6.07, 6.45) is 2.94. The molecule has 0 saturated carbocycles. The monoisotopic (exact) mass is 313 g/mol. The molecule has 0 radical (unpaired) electrons. The lowest BCUT2D eigenvalue weighted by molar-refractivity contribution is -0.138. The number of nitrogens with zero attached hydrogens (tertiary/aromatic N) is 3. The number of hydrogen-bond acceptors (Lipinski definition) is 3. The fourth-order valence-electron chi connectivity index (χ4n) is 1.93. The third-order valence-corrected chi connectivity index (χ3v) is 3.51. The van der Waals surface area contributed by atoms with Crippen molar-refractivity contribution in [2.45, 2.75) is 33.2 Å². The molecular weight excluding hydrogens is 294 g/mol. The van der Waals surface area contributed by atoms with Gasteiger partial charge in [-0.15, -0.1) is 0 Å². The highest BCUT2D eigenvalue weighted by Gasteiger charge is 2.16. The first kappa shape index (κ1) is 17.2. The minimum atomic E-state index is -0.927. The van der Waals surface area contributed by atoms with E-state index in [1.165, 1.54) is 15.7 Å². The molecule has 0 bridgehead atoms. The second-order valence-electron chi connectivity index (χ2n) is 5.02. The molecule has 0 unspecified atom stereocenters. The van der Waals surface area contributed by atoms with Gasteiger partial charge < -0.3 is 10.0 Å². The van der Waals surface area contributed by atoms with Gasteiger partial charge in [-0.05, 0) is 26.8 Å². The third-order valence-electron chi connectivity index (χ3n) is 3.06. The lowest BCUT2D eigenvalue weighted by Crippen LogP contribution is -2.37. The summed E-state index contributed by atoms with van der Waals surface area (Å²) in [6, 6.07) is -0.0769. The van der Waals surface area contributed by atoms with Crippen molar-refractivity contribution in [3.05, 3.63) is 22.5 Å². The van der Waals surface area contributed by atoms with Gasteiger partial charge in [0.1, 0.15) is 5.15 Å². The summed E-state index contributed by atoms with van der Waals surface area (Å²) in [5.41, 5.74) is 1.42. The zero-order chi connectivity index (χ0) is 16.2. The van der Waals surface area contributed by atoms with E-state index < -0.39 is 5.97 Å². The van der Waals surface area contributed by atoms with Crippen LogP contribution in [0.15, 0.2) is 6.08 Å². The van der Waals surface area contributed by atoms with E-state index in [9.17, 15) is 9.59 Å². The molecule has 0 saturated heterocycles. The van der Waals surface area contributed by atoms with Crippen LogP contribution in [0.2, 0.25) is 5.15 Å². The average molecular weight is 314 g/mol. The Balaban J connectivity index is 2.85. The molecule has 1 aromatic rings. The molecule has 0 aromatic carbocycles. The van der Waals surface area contributed by atoms with Gasteiger partial charge in [-0.25, -0.2) is 0 Å². The van der Waals surface area contributed by atoms with Crippen LogP contribution in [-0.2, 0) is 16.6 Å². The van der Waals surface area contributed by atoms with Crippen LogP contribution in [-0.4, -0.2) is 44.3 Å². The molecular formula is C14H20ClN3O3. The van der Waals surface area contributed by atoms with Crippen LogP contribution in [0.3, 0.4) is 0 Å². The van der Waals surface area contributed by atoms with Crippen LogP contribution < -0.4 is 0 Å². The Labute approximate surface area is 129 Å². The number of aryl methyl sites for hydroxylation is 2. The van der Waals surface area contributed by atoms with Crippen molar-refractivity contribution < 1.29 is 14.7 Å². The van der Waals surface area contributed by atoms with E-state index >= 15 is 0 Å². The SMILES string of the molecule is Cc1nn(C)c(Cl)c1/C=C/C(=O)N(CCC(=O)O)C(C)C. The zero-order valence-electron chi connectivity index (χ0n) is 12.6. The van der Waals surface area contributed by atoms with Crippen molar-refractivity contribution in [3.63, 3.8) is 0 Å². The quantitative estimate of drug-likeness (QED) is 0.816. The number of amides is 1. The van der Waals surface area contributed by atoms with Crippen molar-refractivity contribution in [1.82, 2.24) is 14.7 Å². The number of carbonyl (C=O) groups excluding carboxylic acids is 1. The maximum Gasteiger partial charge on any atom is 0.305 e. The van der Waals surface area contributed by atoms with E-state index in [-0.39, 0.29) is 24.9 Å². The smallest absolute Gasteiger partial charge is 0.305 e. The number of carboxylic acids is 1. The molecule has 0 aliphatic heterocycles. The molecule has 1 rings (SSSR count). The minimum absolute atomic E-state index is 0.0769. The maximum atomic E-state index is 12.2. The fourth-order valence-corrected chi connectivity index (χ4v) is 2.16. The predicted molar refractivity (Wildman–Crippen MR) is 81.1 cm³/mol. The molecule has 0 aliphatic carbocycles. The first-order valence-corrected chi connectivity index (χ1v) is 7.01. The Morgan fingerprint density at radius 1 is 1.48 bits per heavy atom. The molecule has 7 heteroatoms. The van der Waals surface area contributed by atoms with Crippen LogP contribution in [0.25, 0.3) is 6.08 Å². The summed E-state index contributed by atoms with van der Waals surface area (Å²) >= 11 is 6.09. The van der Waals surface area contributed by atoms with Gasteiger partial charge in [0, 0.05) is 31.3 Å². The highest BCUT2D eigenvalue weighted by molar-refractivity contribution is 6.31. The standard InChI is InChI=1S/C14H20ClN3O3/c1-9(2)18(8-7-13(20)21)12(19)6-5-11-10(3)16-17(4)14(11)15/h5-6,9H,7-8H2,1-4H3,(H,20,21)/b6-5+. The van der Waals surface area contributed by atoms with Crippen LogP contribution >= 0.6 is 11.6 Å². The Bertz CT molecular complexity index is 564. The Kier molecular flexibility index (Phi) is 5.96. The Hall–Kier alpha value is -1.82. The van der Waals surface area contributed by atoms with E-state index in [4.69, 9.17) is 16.7 Å². The molecule has 21 heavy (non-hydrogen) atoms. The second kappa shape index (κ2) is 7.26. The largest absolute Gasteiger partial charge is 0.481 e. The van der Waals surface area contributed by atoms with Crippen molar-refractivity contribution in [3.8, 4) is 0 Å². The number of rotatable bonds is 6. The number of aliphatic carboxylic acids is 1. The van der Waals surface area contributed by atoms with Crippen LogP contribution in [0, 0.1) is 6.92 Å². The van der Waals surface area contributed by atoms with Crippen LogP contribution in [0.5, 0.6) is 0 Å². The minimum Gasteiger partial charge on any atom is -0.481 e. The summed E-state index contributed by atoms with van der Waals surface area (Å²) in [6.45, 7) is 5.67. The normalized spacial score (nSPS) is 11.3. The number of halogens is 1. The van der Waals surface area contributed by atoms with E-state index in [1.54, 1.807) is 20.0 Å². The maximum absolute atomic E-state index is 12.2. The first-order chi connectivity index (χ1) is 9.73. The zero-order valence-corrected chi connectivity index (χ0v) is 13.4. The number of aromatic nitrogens is 2. The number of carbonyl (C=O) groups is 2. The molecule has 116 valence electrons. The highest BCUT2D eigenvalue weighted by Crippen LogP contribution is 2.20. The molecule has 0 spiro atoms. The first-order valence-electron chi connectivity index (χ1n) is 6.63. The highest BCUT2D eigenvalue weighted by atomic mass is 35.5. The van der Waals surface area contributed by atoms with Gasteiger partial charge in [0.2, 0.25) is 5.91 Å². The van der Waals surface area contributed by atoms with E-state index in [2.05, 4.69) is 5.10 Å². The van der Waals surface area contributed by atoms with Gasteiger partial charge in [0.05, 0.1) is 12.1 Å². The topological polar surface area (TPSA) is 75.4 Å². The van der Waals surface area contributed by atoms with Gasteiger partial charge in [-0.3, -0.25) is 14.3 Å². The van der Waals surface area contributed by atoms with E-state index in [1.807, 2.05) is 13.8 Å². The number of hydrogen-bond donors (Lipinski definition) is 1. The van der Waals surface area contributed by atoms with Gasteiger partial charge in [-0.2, -0.15) is 5.10 Å². The summed E-state index contributed by atoms with van der Waals surface area (Å²) in [7, 11) is 1.72. The van der Waals surface area contributed by atoms with Crippen molar-refractivity contribution >= 4 is 29.6 Å². The van der Waals surface area contributed by atoms with Crippen molar-refractivity contribution in [2.75, 3.05) is 6.54 Å². The summed E-state index contributed by atoms with van der Waals surface area (Å²) < 4.78 is 1.53. The van der Waals surface area contributed by atoms with E-state index in [0.717, 1.165) is 5.69 Å². The van der Waals surface area contributed by atoms with Crippen molar-refractivity contribution in [1.29, 1.82) is 0 Å². The molecule has 1 heterocycles. The molecule has 6 nitrogen and oxygen atoms in total. The number of carboxylic acid groups (broad SMARTS) is 1. The summed E-state index contributed by atoms with van der Waals surface area (Å²) in [4.78, 5) is 24.3. The molecule has 1 amide bonds. The molecule has 0 fully saturated rings. The van der Waals surface area contributed by atoms with Gasteiger partial charge in [0.15, 0.2) is 0 Å². The van der Waals surface area contributed by atoms with Gasteiger partial charge in [0.25, 0.3) is 0 Å². The lowest BCUT2D eigenvalue weighted by atomic mass is 10.2. The fraction of sp³-hybridized carbons (Fsp3) is 0.500. The Morgan fingerprint density at radius 3 is 2.52 bits per heavy atom. The van der Waals surface area contributed by atoms with Gasteiger partial charge in [-0.1, -0.05) is 11.6 Å². The van der Waals surface area contributed by atoms with E-state index in [0.29, 0.717) is 10.7 Å². The third kappa shape index (κ3) is 4.60. The predicted octanol–water partition coefficient (Wildman–Crippen LogP) is 2.11. The Morgan fingerprint density at radius 2 is 2.10 bits per heavy atom. The molecule has 1 aromatic heterocycles. The molecule has 1 N–H and O–H groups in total. The summed E-state index contributed by atoms with van der Waals surface area (Å²) in [5.74, 6) is -1.17. The average Bonchev–Trinajstić information content (AvgIpc) is 2.60. The van der Waals surface area contributed by atoms with Crippen molar-refractivity contribution in [2.24, 2.45) is 7.05 Å². The molecule has 0 atom stereocenters. The van der Waals surface area contributed by atoms with Crippen LogP contribution in [0.1, 0.15) is 31.5 Å². The summed E-state index contributed by atoms with van der Waals surface area (Å²) in [5, 5.41) is 13.3. The van der Waals surface area contributed by atoms with Crippen LogP contribution in [0.4, 0.5) is 0 Å². The second-order valence-corrected chi connectivity index (χ2v) is 5.37. The van der Waals surface area contributed by atoms with Gasteiger partial charge >= 0.3 is 5.97 Å². The lowest BCUT2D eigenvalue weighted by Gasteiger charge is -2.24. The molecule has 0 aliphatic rings.